The molecule has 0 saturated carbocycles. The summed E-state index contributed by atoms with van der Waals surface area (Å²) in [4.78, 5) is 12.5. The van der Waals surface area contributed by atoms with E-state index in [1.807, 2.05) is 6.26 Å². The normalized spacial score (nSPS) is 12.6. The van der Waals surface area contributed by atoms with E-state index >= 15 is 0 Å². The van der Waals surface area contributed by atoms with Crippen LogP contribution in [0.2, 0.25) is 0 Å². The molecule has 0 aromatic heterocycles. The van der Waals surface area contributed by atoms with Crippen molar-refractivity contribution < 1.29 is 22.0 Å². The van der Waals surface area contributed by atoms with Gasteiger partial charge >= 0.3 is 0 Å². The molecule has 0 aliphatic rings. The molecule has 1 atom stereocenters. The molecular weight excluding hydrogens is 382 g/mol. The van der Waals surface area contributed by atoms with Gasteiger partial charge in [0.25, 0.3) is 0 Å². The van der Waals surface area contributed by atoms with Crippen molar-refractivity contribution >= 4 is 33.4 Å². The second-order valence-corrected chi connectivity index (χ2v) is 8.09. The average Bonchev–Trinajstić information content (AvgIpc) is 2.62. The molecule has 0 radical (unpaired) electrons. The van der Waals surface area contributed by atoms with Gasteiger partial charge in [0, 0.05) is 11.8 Å². The fourth-order valence-corrected chi connectivity index (χ4v) is 3.86. The maximum absolute atomic E-state index is 13.3. The highest BCUT2D eigenvalue weighted by molar-refractivity contribution is 7.98. The fraction of sp³-hybridized carbons (Fsp3) is 0.235. The number of rotatable bonds is 8. The second kappa shape index (κ2) is 9.11. The average molecular weight is 400 g/mol. The Bertz CT molecular complexity index is 862. The van der Waals surface area contributed by atoms with Crippen LogP contribution in [0, 0.1) is 11.6 Å². The van der Waals surface area contributed by atoms with E-state index in [0.29, 0.717) is 5.75 Å². The number of anilines is 1. The minimum atomic E-state index is -3.90. The molecule has 1 amide bonds. The third kappa shape index (κ3) is 5.52. The van der Waals surface area contributed by atoms with Crippen LogP contribution in [0.15, 0.2) is 53.4 Å². The van der Waals surface area contributed by atoms with Gasteiger partial charge < -0.3 is 5.32 Å². The van der Waals surface area contributed by atoms with E-state index in [1.54, 1.807) is 18.2 Å². The van der Waals surface area contributed by atoms with Crippen molar-refractivity contribution in [2.24, 2.45) is 0 Å². The van der Waals surface area contributed by atoms with Gasteiger partial charge in [-0.2, -0.15) is 16.5 Å². The van der Waals surface area contributed by atoms with E-state index in [1.165, 1.54) is 30.0 Å². The zero-order chi connectivity index (χ0) is 19.2. The molecule has 0 aliphatic carbocycles. The Morgan fingerprint density at radius 1 is 1.12 bits per heavy atom. The monoisotopic (exact) mass is 400 g/mol. The third-order valence-electron chi connectivity index (χ3n) is 3.47. The Hall–Kier alpha value is -1.97. The third-order valence-corrected chi connectivity index (χ3v) is 5.60. The van der Waals surface area contributed by atoms with Gasteiger partial charge in [0.2, 0.25) is 15.9 Å². The van der Waals surface area contributed by atoms with Crippen LogP contribution in [0.5, 0.6) is 0 Å². The lowest BCUT2D eigenvalue weighted by molar-refractivity contribution is -0.117. The number of hydrogen-bond donors (Lipinski definition) is 2. The molecule has 26 heavy (non-hydrogen) atoms. The van der Waals surface area contributed by atoms with Gasteiger partial charge in [-0.05, 0) is 42.7 Å². The summed E-state index contributed by atoms with van der Waals surface area (Å²) in [5.74, 6) is -2.25. The largest absolute Gasteiger partial charge is 0.325 e. The maximum Gasteiger partial charge on any atom is 0.242 e. The van der Waals surface area contributed by atoms with Crippen LogP contribution in [0.3, 0.4) is 0 Å². The van der Waals surface area contributed by atoms with Crippen LogP contribution in [0.25, 0.3) is 0 Å². The number of thioether (sulfide) groups is 1. The SMILES string of the molecule is CSCC[C@H](NS(=O)(=O)c1ccccc1)C(=O)Nc1ccc(F)c(F)c1. The molecule has 0 aliphatic heterocycles. The van der Waals surface area contributed by atoms with Gasteiger partial charge in [0.15, 0.2) is 11.6 Å². The number of halogens is 2. The summed E-state index contributed by atoms with van der Waals surface area (Å²) in [6, 6.07) is 9.54. The van der Waals surface area contributed by atoms with Gasteiger partial charge in [-0.3, -0.25) is 4.79 Å². The number of sulfonamides is 1. The highest BCUT2D eigenvalue weighted by Crippen LogP contribution is 2.15. The van der Waals surface area contributed by atoms with Crippen molar-refractivity contribution in [2.75, 3.05) is 17.3 Å². The lowest BCUT2D eigenvalue weighted by Crippen LogP contribution is -2.44. The Balaban J connectivity index is 2.17. The molecular formula is C17H18F2N2O3S2. The quantitative estimate of drug-likeness (QED) is 0.714. The van der Waals surface area contributed by atoms with E-state index < -0.39 is 33.6 Å². The molecule has 140 valence electrons. The van der Waals surface area contributed by atoms with Crippen LogP contribution in [-0.2, 0) is 14.8 Å². The summed E-state index contributed by atoms with van der Waals surface area (Å²) in [5, 5.41) is 2.41. The number of nitrogens with one attached hydrogen (secondary N) is 2. The number of hydrogen-bond acceptors (Lipinski definition) is 4. The van der Waals surface area contributed by atoms with E-state index in [2.05, 4.69) is 10.0 Å². The van der Waals surface area contributed by atoms with Gasteiger partial charge in [-0.1, -0.05) is 18.2 Å². The number of benzene rings is 2. The standard InChI is InChI=1S/C17H18F2N2O3S2/c1-25-10-9-16(21-26(23,24)13-5-3-2-4-6-13)17(22)20-12-7-8-14(18)15(19)11-12/h2-8,11,16,21H,9-10H2,1H3,(H,20,22)/t16-/m0/s1. The van der Waals surface area contributed by atoms with Crippen LogP contribution in [0.4, 0.5) is 14.5 Å². The molecule has 2 N–H and O–H groups in total. The minimum Gasteiger partial charge on any atom is -0.325 e. The molecule has 0 unspecified atom stereocenters. The first-order valence-corrected chi connectivity index (χ1v) is 10.5. The van der Waals surface area contributed by atoms with Crippen molar-refractivity contribution in [3.63, 3.8) is 0 Å². The summed E-state index contributed by atoms with van der Waals surface area (Å²) in [5.41, 5.74) is 0.0435. The molecule has 0 spiro atoms. The van der Waals surface area contributed by atoms with Crippen molar-refractivity contribution in [2.45, 2.75) is 17.4 Å². The Labute approximate surface area is 155 Å². The molecule has 2 aromatic rings. The van der Waals surface area contributed by atoms with Crippen molar-refractivity contribution in [1.29, 1.82) is 0 Å². The summed E-state index contributed by atoms with van der Waals surface area (Å²) in [6.07, 6.45) is 2.07. The van der Waals surface area contributed by atoms with Gasteiger partial charge in [0.05, 0.1) is 4.90 Å². The molecule has 0 fully saturated rings. The molecule has 0 saturated heterocycles. The van der Waals surface area contributed by atoms with Crippen LogP contribution in [0.1, 0.15) is 6.42 Å². The number of carbonyl (C=O) groups excluding carboxylic acids is 1. The first kappa shape index (κ1) is 20.3. The van der Waals surface area contributed by atoms with Gasteiger partial charge in [0.1, 0.15) is 6.04 Å². The first-order chi connectivity index (χ1) is 12.3. The van der Waals surface area contributed by atoms with Gasteiger partial charge in [-0.25, -0.2) is 17.2 Å². The highest BCUT2D eigenvalue weighted by atomic mass is 32.2. The Kier molecular flexibility index (Phi) is 7.13. The Morgan fingerprint density at radius 3 is 2.42 bits per heavy atom. The number of carbonyl (C=O) groups is 1. The zero-order valence-electron chi connectivity index (χ0n) is 13.9. The number of amides is 1. The van der Waals surface area contributed by atoms with E-state index in [0.717, 1.165) is 12.1 Å². The van der Waals surface area contributed by atoms with Crippen molar-refractivity contribution in [3.05, 3.63) is 60.2 Å². The van der Waals surface area contributed by atoms with Crippen LogP contribution in [-0.4, -0.2) is 32.4 Å². The molecule has 2 rings (SSSR count). The van der Waals surface area contributed by atoms with Gasteiger partial charge in [-0.15, -0.1) is 0 Å². The predicted octanol–water partition coefficient (Wildman–Crippen LogP) is 3.00. The van der Waals surface area contributed by atoms with Crippen molar-refractivity contribution in [1.82, 2.24) is 4.72 Å². The van der Waals surface area contributed by atoms with Crippen LogP contribution >= 0.6 is 11.8 Å². The van der Waals surface area contributed by atoms with E-state index in [4.69, 9.17) is 0 Å². The fourth-order valence-electron chi connectivity index (χ4n) is 2.14. The minimum absolute atomic E-state index is 0.0368. The summed E-state index contributed by atoms with van der Waals surface area (Å²) >= 11 is 1.46. The molecule has 0 heterocycles. The van der Waals surface area contributed by atoms with Crippen molar-refractivity contribution in [3.8, 4) is 0 Å². The molecule has 2 aromatic carbocycles. The molecule has 0 bridgehead atoms. The molecule has 5 nitrogen and oxygen atoms in total. The maximum atomic E-state index is 13.3. The van der Waals surface area contributed by atoms with Crippen LogP contribution < -0.4 is 10.0 Å². The first-order valence-electron chi connectivity index (χ1n) is 7.65. The lowest BCUT2D eigenvalue weighted by atomic mass is 10.2. The topological polar surface area (TPSA) is 75.3 Å². The summed E-state index contributed by atoms with van der Waals surface area (Å²) in [7, 11) is -3.90. The highest BCUT2D eigenvalue weighted by Gasteiger charge is 2.25. The smallest absolute Gasteiger partial charge is 0.242 e. The van der Waals surface area contributed by atoms with E-state index in [-0.39, 0.29) is 17.0 Å². The lowest BCUT2D eigenvalue weighted by Gasteiger charge is -2.18. The Morgan fingerprint density at radius 2 is 1.81 bits per heavy atom. The molecule has 9 heteroatoms. The summed E-state index contributed by atoms with van der Waals surface area (Å²) < 4.78 is 53.6. The summed E-state index contributed by atoms with van der Waals surface area (Å²) in [6.45, 7) is 0. The zero-order valence-corrected chi connectivity index (χ0v) is 15.5. The predicted molar refractivity (Wildman–Crippen MR) is 98.5 cm³/mol. The van der Waals surface area contributed by atoms with E-state index in [9.17, 15) is 22.0 Å². The second-order valence-electron chi connectivity index (χ2n) is 5.39.